The lowest BCUT2D eigenvalue weighted by atomic mass is 10.1. The summed E-state index contributed by atoms with van der Waals surface area (Å²) < 4.78 is 10.4. The van der Waals surface area contributed by atoms with E-state index in [1.807, 2.05) is 12.1 Å². The molecule has 1 aromatic rings. The minimum atomic E-state index is 0.230. The number of nitrogens with one attached hydrogen (secondary N) is 1. The van der Waals surface area contributed by atoms with Crippen LogP contribution < -0.4 is 10.1 Å². The van der Waals surface area contributed by atoms with E-state index in [1.165, 1.54) is 0 Å². The van der Waals surface area contributed by atoms with Gasteiger partial charge in [0.25, 0.3) is 0 Å². The Kier molecular flexibility index (Phi) is 4.44. The van der Waals surface area contributed by atoms with Gasteiger partial charge in [-0.15, -0.1) is 0 Å². The average molecular weight is 251 g/mol. The van der Waals surface area contributed by atoms with Crippen LogP contribution in [0.3, 0.4) is 0 Å². The highest BCUT2D eigenvalue weighted by atomic mass is 16.5. The molecule has 0 amide bonds. The Morgan fingerprint density at radius 1 is 1.33 bits per heavy atom. The summed E-state index contributed by atoms with van der Waals surface area (Å²) >= 11 is 0. The zero-order valence-corrected chi connectivity index (χ0v) is 11.0. The molecule has 0 bridgehead atoms. The molecule has 2 N–H and O–H groups in total. The third kappa shape index (κ3) is 2.94. The van der Waals surface area contributed by atoms with Crippen LogP contribution >= 0.6 is 0 Å². The standard InChI is InChI=1S/C14H21NO3/c1-17-12-7-6-11(8-12)15-9-10-4-3-5-13(18-2)14(10)16/h3-5,11-12,15-16H,6-9H2,1-2H3. The number of para-hydroxylation sites is 1. The average Bonchev–Trinajstić information content (AvgIpc) is 2.85. The molecule has 100 valence electrons. The Hall–Kier alpha value is -1.26. The lowest BCUT2D eigenvalue weighted by molar-refractivity contribution is 0.107. The van der Waals surface area contributed by atoms with Crippen molar-refractivity contribution in [3.63, 3.8) is 0 Å². The smallest absolute Gasteiger partial charge is 0.162 e. The maximum absolute atomic E-state index is 9.97. The fourth-order valence-electron chi connectivity index (χ4n) is 2.47. The SMILES string of the molecule is COc1cccc(CNC2CCC(OC)C2)c1O. The number of phenolic OH excluding ortho intramolecular Hbond substituents is 1. The summed E-state index contributed by atoms with van der Waals surface area (Å²) in [5.41, 5.74) is 0.871. The number of ether oxygens (including phenoxy) is 2. The molecule has 0 aromatic heterocycles. The van der Waals surface area contributed by atoms with Gasteiger partial charge < -0.3 is 19.9 Å². The molecule has 0 aliphatic heterocycles. The van der Waals surface area contributed by atoms with Gasteiger partial charge in [0.15, 0.2) is 11.5 Å². The van der Waals surface area contributed by atoms with Crippen molar-refractivity contribution in [3.8, 4) is 11.5 Å². The van der Waals surface area contributed by atoms with Crippen LogP contribution in [0.4, 0.5) is 0 Å². The van der Waals surface area contributed by atoms with E-state index in [9.17, 15) is 5.11 Å². The van der Waals surface area contributed by atoms with Gasteiger partial charge in [0.05, 0.1) is 13.2 Å². The topological polar surface area (TPSA) is 50.7 Å². The van der Waals surface area contributed by atoms with E-state index in [4.69, 9.17) is 9.47 Å². The molecule has 4 heteroatoms. The summed E-state index contributed by atoms with van der Waals surface area (Å²) in [6, 6.07) is 6.03. The van der Waals surface area contributed by atoms with E-state index in [0.717, 1.165) is 24.8 Å². The molecule has 2 atom stereocenters. The van der Waals surface area contributed by atoms with Gasteiger partial charge in [-0.3, -0.25) is 0 Å². The van der Waals surface area contributed by atoms with Gasteiger partial charge in [-0.05, 0) is 25.3 Å². The molecule has 0 heterocycles. The first kappa shape index (κ1) is 13.2. The lowest BCUT2D eigenvalue weighted by Gasteiger charge is -2.14. The van der Waals surface area contributed by atoms with Crippen molar-refractivity contribution in [1.29, 1.82) is 0 Å². The van der Waals surface area contributed by atoms with E-state index in [-0.39, 0.29) is 5.75 Å². The van der Waals surface area contributed by atoms with Gasteiger partial charge in [-0.2, -0.15) is 0 Å². The number of methoxy groups -OCH3 is 2. The van der Waals surface area contributed by atoms with Crippen LogP contribution in [0.15, 0.2) is 18.2 Å². The number of hydrogen-bond donors (Lipinski definition) is 2. The van der Waals surface area contributed by atoms with E-state index in [0.29, 0.717) is 24.4 Å². The van der Waals surface area contributed by atoms with Gasteiger partial charge >= 0.3 is 0 Å². The quantitative estimate of drug-likeness (QED) is 0.841. The van der Waals surface area contributed by atoms with Crippen LogP contribution in [-0.2, 0) is 11.3 Å². The van der Waals surface area contributed by atoms with Crippen LogP contribution in [0.2, 0.25) is 0 Å². The summed E-state index contributed by atoms with van der Waals surface area (Å²) in [6.45, 7) is 0.657. The second kappa shape index (κ2) is 6.07. The molecular weight excluding hydrogens is 230 g/mol. The Labute approximate surface area is 108 Å². The molecule has 1 fully saturated rings. The van der Waals surface area contributed by atoms with E-state index < -0.39 is 0 Å². The van der Waals surface area contributed by atoms with Crippen LogP contribution in [-0.4, -0.2) is 31.5 Å². The minimum Gasteiger partial charge on any atom is -0.504 e. The highest BCUT2D eigenvalue weighted by Gasteiger charge is 2.24. The Morgan fingerprint density at radius 3 is 2.83 bits per heavy atom. The molecule has 1 aromatic carbocycles. The predicted molar refractivity (Wildman–Crippen MR) is 69.9 cm³/mol. The third-order valence-electron chi connectivity index (χ3n) is 3.60. The van der Waals surface area contributed by atoms with Gasteiger partial charge in [0, 0.05) is 25.3 Å². The largest absolute Gasteiger partial charge is 0.504 e. The molecule has 0 saturated heterocycles. The van der Waals surface area contributed by atoms with Gasteiger partial charge in [-0.1, -0.05) is 12.1 Å². The summed E-state index contributed by atoms with van der Waals surface area (Å²) in [6.07, 6.45) is 3.66. The zero-order chi connectivity index (χ0) is 13.0. The minimum absolute atomic E-state index is 0.230. The van der Waals surface area contributed by atoms with Crippen LogP contribution in [0.5, 0.6) is 11.5 Å². The van der Waals surface area contributed by atoms with Crippen molar-refractivity contribution in [2.24, 2.45) is 0 Å². The predicted octanol–water partition coefficient (Wildman–Crippen LogP) is 2.06. The van der Waals surface area contributed by atoms with Crippen molar-refractivity contribution < 1.29 is 14.6 Å². The highest BCUT2D eigenvalue weighted by molar-refractivity contribution is 5.45. The monoisotopic (exact) mass is 251 g/mol. The number of benzene rings is 1. The fourth-order valence-corrected chi connectivity index (χ4v) is 2.47. The molecular formula is C14H21NO3. The Bertz CT molecular complexity index is 395. The molecule has 1 saturated carbocycles. The number of phenols is 1. The molecule has 18 heavy (non-hydrogen) atoms. The Balaban J connectivity index is 1.91. The van der Waals surface area contributed by atoms with Crippen molar-refractivity contribution in [2.45, 2.75) is 38.0 Å². The summed E-state index contributed by atoms with van der Waals surface area (Å²) in [7, 11) is 3.33. The molecule has 0 radical (unpaired) electrons. The first-order valence-corrected chi connectivity index (χ1v) is 6.35. The normalized spacial score (nSPS) is 23.2. The summed E-state index contributed by atoms with van der Waals surface area (Å²) in [4.78, 5) is 0. The zero-order valence-electron chi connectivity index (χ0n) is 11.0. The lowest BCUT2D eigenvalue weighted by Crippen LogP contribution is -2.26. The maximum atomic E-state index is 9.97. The van der Waals surface area contributed by atoms with Crippen LogP contribution in [0.1, 0.15) is 24.8 Å². The first-order valence-electron chi connectivity index (χ1n) is 6.35. The van der Waals surface area contributed by atoms with Gasteiger partial charge in [0.1, 0.15) is 0 Å². The van der Waals surface area contributed by atoms with Crippen LogP contribution in [0.25, 0.3) is 0 Å². The van der Waals surface area contributed by atoms with Crippen molar-refractivity contribution >= 4 is 0 Å². The fraction of sp³-hybridized carbons (Fsp3) is 0.571. The summed E-state index contributed by atoms with van der Waals surface area (Å²) in [5, 5.41) is 13.4. The van der Waals surface area contributed by atoms with Crippen molar-refractivity contribution in [2.75, 3.05) is 14.2 Å². The molecule has 1 aliphatic carbocycles. The van der Waals surface area contributed by atoms with Gasteiger partial charge in [-0.25, -0.2) is 0 Å². The number of aromatic hydroxyl groups is 1. The molecule has 2 rings (SSSR count). The van der Waals surface area contributed by atoms with Crippen molar-refractivity contribution in [3.05, 3.63) is 23.8 Å². The molecule has 0 spiro atoms. The molecule has 1 aliphatic rings. The van der Waals surface area contributed by atoms with Crippen molar-refractivity contribution in [1.82, 2.24) is 5.32 Å². The van der Waals surface area contributed by atoms with Gasteiger partial charge in [0.2, 0.25) is 0 Å². The summed E-state index contributed by atoms with van der Waals surface area (Å²) in [5.74, 6) is 0.754. The second-order valence-corrected chi connectivity index (χ2v) is 4.72. The molecule has 4 nitrogen and oxygen atoms in total. The number of hydrogen-bond acceptors (Lipinski definition) is 4. The third-order valence-corrected chi connectivity index (χ3v) is 3.60. The highest BCUT2D eigenvalue weighted by Crippen LogP contribution is 2.29. The maximum Gasteiger partial charge on any atom is 0.162 e. The number of rotatable bonds is 5. The van der Waals surface area contributed by atoms with E-state index >= 15 is 0 Å². The second-order valence-electron chi connectivity index (χ2n) is 4.72. The van der Waals surface area contributed by atoms with E-state index in [2.05, 4.69) is 5.32 Å². The molecule has 2 unspecified atom stereocenters. The first-order chi connectivity index (χ1) is 8.74. The van der Waals surface area contributed by atoms with E-state index in [1.54, 1.807) is 20.3 Å². The Morgan fingerprint density at radius 2 is 2.17 bits per heavy atom. The van der Waals surface area contributed by atoms with Crippen LogP contribution in [0, 0.1) is 0 Å².